The lowest BCUT2D eigenvalue weighted by Gasteiger charge is -2.24. The Hall–Kier alpha value is -2.30. The van der Waals surface area contributed by atoms with Gasteiger partial charge in [-0.2, -0.15) is 5.10 Å². The van der Waals surface area contributed by atoms with Crippen molar-refractivity contribution in [3.63, 3.8) is 0 Å². The lowest BCUT2D eigenvalue weighted by Crippen LogP contribution is -2.13. The van der Waals surface area contributed by atoms with Crippen molar-refractivity contribution < 1.29 is 9.90 Å². The Morgan fingerprint density at radius 2 is 2.18 bits per heavy atom. The number of aryl methyl sites for hydroxylation is 2. The lowest BCUT2D eigenvalue weighted by molar-refractivity contribution is 0.0697. The number of carboxylic acids is 1. The quantitative estimate of drug-likeness (QED) is 0.889. The van der Waals surface area contributed by atoms with Gasteiger partial charge < -0.3 is 10.4 Å². The molecule has 0 atom stereocenters. The van der Waals surface area contributed by atoms with E-state index in [1.54, 1.807) is 12.1 Å². The Balaban J connectivity index is 1.76. The van der Waals surface area contributed by atoms with Crippen LogP contribution in [0.25, 0.3) is 0 Å². The zero-order chi connectivity index (χ0) is 15.7. The number of rotatable bonds is 5. The normalized spacial score (nSPS) is 14.6. The standard InChI is InChI=1S/C17H21N3O2/c1-11-6-13(17(21)22)8-15(7-11)18-9-14-10-20(2)19-16(14)12-4-3-5-12/h6-8,10,12,18H,3-5,9H2,1-2H3,(H,21,22). The summed E-state index contributed by atoms with van der Waals surface area (Å²) >= 11 is 0. The molecule has 1 aromatic carbocycles. The summed E-state index contributed by atoms with van der Waals surface area (Å²) in [6.07, 6.45) is 5.78. The monoisotopic (exact) mass is 299 g/mol. The zero-order valence-corrected chi connectivity index (χ0v) is 13.0. The van der Waals surface area contributed by atoms with Crippen LogP contribution in [0.2, 0.25) is 0 Å². The van der Waals surface area contributed by atoms with Gasteiger partial charge in [-0.25, -0.2) is 4.79 Å². The number of hydrogen-bond donors (Lipinski definition) is 2. The second kappa shape index (κ2) is 5.83. The Morgan fingerprint density at radius 1 is 1.41 bits per heavy atom. The lowest BCUT2D eigenvalue weighted by atomic mass is 9.81. The van der Waals surface area contributed by atoms with E-state index in [2.05, 4.69) is 16.6 Å². The fourth-order valence-electron chi connectivity index (χ4n) is 2.92. The number of anilines is 1. The van der Waals surface area contributed by atoms with Gasteiger partial charge in [0.25, 0.3) is 0 Å². The molecule has 1 fully saturated rings. The topological polar surface area (TPSA) is 67.2 Å². The van der Waals surface area contributed by atoms with E-state index in [0.29, 0.717) is 18.0 Å². The molecule has 0 unspecified atom stereocenters. The SMILES string of the molecule is Cc1cc(NCc2cn(C)nc2C2CCC2)cc(C(=O)O)c1. The average Bonchev–Trinajstić information content (AvgIpc) is 2.74. The molecule has 22 heavy (non-hydrogen) atoms. The molecule has 0 spiro atoms. The van der Waals surface area contributed by atoms with Gasteiger partial charge in [-0.15, -0.1) is 0 Å². The van der Waals surface area contributed by atoms with E-state index in [-0.39, 0.29) is 0 Å². The fraction of sp³-hybridized carbons (Fsp3) is 0.412. The first-order chi connectivity index (χ1) is 10.5. The predicted octanol–water partition coefficient (Wildman–Crippen LogP) is 3.31. The maximum atomic E-state index is 11.1. The second-order valence-corrected chi connectivity index (χ2v) is 6.09. The third-order valence-electron chi connectivity index (χ3n) is 4.24. The minimum atomic E-state index is -0.900. The minimum Gasteiger partial charge on any atom is -0.478 e. The summed E-state index contributed by atoms with van der Waals surface area (Å²) in [5.41, 5.74) is 4.47. The van der Waals surface area contributed by atoms with Crippen LogP contribution in [-0.4, -0.2) is 20.9 Å². The summed E-state index contributed by atoms with van der Waals surface area (Å²) < 4.78 is 1.86. The molecular weight excluding hydrogens is 278 g/mol. The van der Waals surface area contributed by atoms with E-state index in [4.69, 9.17) is 5.11 Å². The van der Waals surface area contributed by atoms with Crippen LogP contribution >= 0.6 is 0 Å². The summed E-state index contributed by atoms with van der Waals surface area (Å²) in [5, 5.41) is 17.1. The van der Waals surface area contributed by atoms with Crippen LogP contribution in [0.1, 0.15) is 52.4 Å². The molecule has 1 aromatic heterocycles. The predicted molar refractivity (Wildman–Crippen MR) is 85.3 cm³/mol. The second-order valence-electron chi connectivity index (χ2n) is 6.09. The van der Waals surface area contributed by atoms with Crippen molar-refractivity contribution in [3.8, 4) is 0 Å². The molecule has 1 saturated carbocycles. The summed E-state index contributed by atoms with van der Waals surface area (Å²) in [6, 6.07) is 5.32. The molecular formula is C17H21N3O2. The molecule has 0 radical (unpaired) electrons. The maximum absolute atomic E-state index is 11.1. The van der Waals surface area contributed by atoms with Crippen molar-refractivity contribution in [2.24, 2.45) is 7.05 Å². The van der Waals surface area contributed by atoms with Crippen LogP contribution in [0.15, 0.2) is 24.4 Å². The van der Waals surface area contributed by atoms with E-state index in [9.17, 15) is 4.79 Å². The molecule has 2 N–H and O–H groups in total. The highest BCUT2D eigenvalue weighted by Crippen LogP contribution is 2.37. The van der Waals surface area contributed by atoms with E-state index < -0.39 is 5.97 Å². The number of hydrogen-bond acceptors (Lipinski definition) is 3. The molecule has 0 bridgehead atoms. The largest absolute Gasteiger partial charge is 0.478 e. The molecule has 0 aliphatic heterocycles. The summed E-state index contributed by atoms with van der Waals surface area (Å²) in [6.45, 7) is 2.57. The number of carboxylic acid groups (broad SMARTS) is 1. The van der Waals surface area contributed by atoms with Gasteiger partial charge in [0.1, 0.15) is 0 Å². The van der Waals surface area contributed by atoms with Crippen LogP contribution < -0.4 is 5.32 Å². The van der Waals surface area contributed by atoms with Crippen LogP contribution in [0.3, 0.4) is 0 Å². The third-order valence-corrected chi connectivity index (χ3v) is 4.24. The van der Waals surface area contributed by atoms with E-state index in [1.165, 1.54) is 30.5 Å². The van der Waals surface area contributed by atoms with Crippen molar-refractivity contribution in [1.82, 2.24) is 9.78 Å². The molecule has 3 rings (SSSR count). The maximum Gasteiger partial charge on any atom is 0.335 e. The number of carbonyl (C=O) groups is 1. The molecule has 0 amide bonds. The molecule has 116 valence electrons. The highest BCUT2D eigenvalue weighted by molar-refractivity contribution is 5.89. The van der Waals surface area contributed by atoms with E-state index >= 15 is 0 Å². The number of benzene rings is 1. The smallest absolute Gasteiger partial charge is 0.335 e. The molecule has 2 aromatic rings. The van der Waals surface area contributed by atoms with Crippen LogP contribution in [-0.2, 0) is 13.6 Å². The molecule has 1 heterocycles. The number of nitrogens with one attached hydrogen (secondary N) is 1. The Kier molecular flexibility index (Phi) is 3.88. The van der Waals surface area contributed by atoms with Gasteiger partial charge in [0, 0.05) is 37.0 Å². The average molecular weight is 299 g/mol. The Morgan fingerprint density at radius 3 is 2.82 bits per heavy atom. The molecule has 1 aliphatic carbocycles. The summed E-state index contributed by atoms with van der Waals surface area (Å²) in [5.74, 6) is -0.312. The van der Waals surface area contributed by atoms with Gasteiger partial charge in [-0.1, -0.05) is 6.42 Å². The first kappa shape index (κ1) is 14.6. The Bertz CT molecular complexity index is 702. The van der Waals surface area contributed by atoms with Gasteiger partial charge in [0.15, 0.2) is 0 Å². The molecule has 5 heteroatoms. The van der Waals surface area contributed by atoms with Crippen molar-refractivity contribution >= 4 is 11.7 Å². The fourth-order valence-corrected chi connectivity index (χ4v) is 2.92. The van der Waals surface area contributed by atoms with E-state index in [0.717, 1.165) is 11.3 Å². The first-order valence-corrected chi connectivity index (χ1v) is 7.64. The molecule has 0 saturated heterocycles. The third kappa shape index (κ3) is 2.98. The van der Waals surface area contributed by atoms with Gasteiger partial charge >= 0.3 is 5.97 Å². The summed E-state index contributed by atoms with van der Waals surface area (Å²) in [7, 11) is 1.95. The highest BCUT2D eigenvalue weighted by atomic mass is 16.4. The molecule has 5 nitrogen and oxygen atoms in total. The van der Waals surface area contributed by atoms with Crippen LogP contribution in [0.4, 0.5) is 5.69 Å². The van der Waals surface area contributed by atoms with Crippen molar-refractivity contribution in [2.75, 3.05) is 5.32 Å². The Labute approximate surface area is 130 Å². The van der Waals surface area contributed by atoms with Crippen LogP contribution in [0.5, 0.6) is 0 Å². The van der Waals surface area contributed by atoms with Crippen molar-refractivity contribution in [2.45, 2.75) is 38.6 Å². The number of aromatic carboxylic acids is 1. The van der Waals surface area contributed by atoms with Crippen LogP contribution in [0, 0.1) is 6.92 Å². The van der Waals surface area contributed by atoms with Crippen molar-refractivity contribution in [3.05, 3.63) is 46.8 Å². The summed E-state index contributed by atoms with van der Waals surface area (Å²) in [4.78, 5) is 11.1. The highest BCUT2D eigenvalue weighted by Gasteiger charge is 2.24. The van der Waals surface area contributed by atoms with E-state index in [1.807, 2.05) is 24.7 Å². The first-order valence-electron chi connectivity index (χ1n) is 7.64. The minimum absolute atomic E-state index is 0.313. The van der Waals surface area contributed by atoms with Gasteiger partial charge in [-0.3, -0.25) is 4.68 Å². The van der Waals surface area contributed by atoms with Gasteiger partial charge in [0.2, 0.25) is 0 Å². The molecule has 1 aliphatic rings. The number of aromatic nitrogens is 2. The van der Waals surface area contributed by atoms with Crippen molar-refractivity contribution in [1.29, 1.82) is 0 Å². The zero-order valence-electron chi connectivity index (χ0n) is 13.0. The number of nitrogens with zero attached hydrogens (tertiary/aromatic N) is 2. The van der Waals surface area contributed by atoms with Gasteiger partial charge in [-0.05, 0) is 43.5 Å². The van der Waals surface area contributed by atoms with Gasteiger partial charge in [0.05, 0.1) is 11.3 Å².